The van der Waals surface area contributed by atoms with E-state index in [1.54, 1.807) is 6.07 Å². The van der Waals surface area contributed by atoms with Gasteiger partial charge in [0, 0.05) is 12.6 Å². The summed E-state index contributed by atoms with van der Waals surface area (Å²) in [6.45, 7) is 0.447. The van der Waals surface area contributed by atoms with Gasteiger partial charge < -0.3 is 10.1 Å². The van der Waals surface area contributed by atoms with E-state index in [-0.39, 0.29) is 5.56 Å². The van der Waals surface area contributed by atoms with Gasteiger partial charge in [-0.2, -0.15) is 0 Å². The minimum Gasteiger partial charge on any atom is -0.497 e. The van der Waals surface area contributed by atoms with Gasteiger partial charge in [0.1, 0.15) is 11.6 Å². The second-order valence-electron chi connectivity index (χ2n) is 5.53. The van der Waals surface area contributed by atoms with Crippen molar-refractivity contribution in [3.8, 4) is 5.75 Å². The Balaban J connectivity index is 1.61. The van der Waals surface area contributed by atoms with Crippen LogP contribution in [0.4, 0.5) is 4.39 Å². The minimum atomic E-state index is -0.586. The number of rotatable bonds is 5. The fraction of sp³-hybridized carbons (Fsp3) is 0.150. The van der Waals surface area contributed by atoms with Gasteiger partial charge in [0.05, 0.1) is 12.7 Å². The molecule has 24 heavy (non-hydrogen) atoms. The minimum absolute atomic E-state index is 0.0225. The van der Waals surface area contributed by atoms with Crippen LogP contribution in [-0.2, 0) is 6.42 Å². The van der Waals surface area contributed by atoms with Crippen LogP contribution in [0.5, 0.6) is 5.75 Å². The number of carbonyl (C=O) groups excluding carboxylic acids is 1. The summed E-state index contributed by atoms with van der Waals surface area (Å²) >= 11 is 0. The number of ether oxygens (including phenoxy) is 1. The molecule has 3 aromatic rings. The first-order valence-electron chi connectivity index (χ1n) is 7.77. The van der Waals surface area contributed by atoms with Crippen LogP contribution >= 0.6 is 0 Å². The summed E-state index contributed by atoms with van der Waals surface area (Å²) in [5, 5.41) is 5.11. The first-order valence-corrected chi connectivity index (χ1v) is 7.77. The SMILES string of the molecule is COc1ccc(C(=O)NCCc2ccc3ccccc3c2)c(F)c1. The first-order chi connectivity index (χ1) is 11.7. The van der Waals surface area contributed by atoms with Gasteiger partial charge in [-0.05, 0) is 34.9 Å². The molecule has 3 nitrogen and oxygen atoms in total. The summed E-state index contributed by atoms with van der Waals surface area (Å²) in [5.74, 6) is -0.617. The number of hydrogen-bond acceptors (Lipinski definition) is 2. The Morgan fingerprint density at radius 1 is 1.04 bits per heavy atom. The van der Waals surface area contributed by atoms with Crippen LogP contribution in [0.2, 0.25) is 0 Å². The van der Waals surface area contributed by atoms with Crippen LogP contribution in [-0.4, -0.2) is 19.6 Å². The van der Waals surface area contributed by atoms with E-state index in [4.69, 9.17) is 4.74 Å². The Hall–Kier alpha value is -2.88. The standard InChI is InChI=1S/C20H18FNO2/c1-24-17-8-9-18(19(21)13-17)20(23)22-11-10-14-6-7-15-4-2-3-5-16(15)12-14/h2-9,12-13H,10-11H2,1H3,(H,22,23). The number of nitrogens with one attached hydrogen (secondary N) is 1. The third kappa shape index (κ3) is 3.54. The topological polar surface area (TPSA) is 38.3 Å². The molecule has 0 unspecified atom stereocenters. The van der Waals surface area contributed by atoms with Crippen LogP contribution in [0.1, 0.15) is 15.9 Å². The molecule has 122 valence electrons. The van der Waals surface area contributed by atoms with Gasteiger partial charge in [-0.1, -0.05) is 42.5 Å². The molecular weight excluding hydrogens is 305 g/mol. The number of fused-ring (bicyclic) bond motifs is 1. The van der Waals surface area contributed by atoms with E-state index in [0.29, 0.717) is 18.7 Å². The highest BCUT2D eigenvalue weighted by Crippen LogP contribution is 2.17. The number of hydrogen-bond donors (Lipinski definition) is 1. The largest absolute Gasteiger partial charge is 0.497 e. The van der Waals surface area contributed by atoms with E-state index in [0.717, 1.165) is 5.56 Å². The van der Waals surface area contributed by atoms with Gasteiger partial charge in [-0.15, -0.1) is 0 Å². The van der Waals surface area contributed by atoms with Crippen LogP contribution < -0.4 is 10.1 Å². The van der Waals surface area contributed by atoms with Crippen molar-refractivity contribution in [3.63, 3.8) is 0 Å². The third-order valence-corrected chi connectivity index (χ3v) is 3.93. The van der Waals surface area contributed by atoms with E-state index in [9.17, 15) is 9.18 Å². The summed E-state index contributed by atoms with van der Waals surface area (Å²) in [4.78, 5) is 12.1. The maximum Gasteiger partial charge on any atom is 0.254 e. The maximum atomic E-state index is 13.9. The van der Waals surface area contributed by atoms with E-state index >= 15 is 0 Å². The summed E-state index contributed by atoms with van der Waals surface area (Å²) in [6, 6.07) is 18.6. The zero-order valence-electron chi connectivity index (χ0n) is 13.4. The molecule has 1 amide bonds. The van der Waals surface area contributed by atoms with E-state index in [1.807, 2.05) is 18.2 Å². The molecule has 0 spiro atoms. The zero-order chi connectivity index (χ0) is 16.9. The predicted octanol–water partition coefficient (Wildman–Crippen LogP) is 3.96. The Morgan fingerprint density at radius 3 is 2.58 bits per heavy atom. The lowest BCUT2D eigenvalue weighted by Crippen LogP contribution is -2.26. The molecule has 0 aliphatic rings. The van der Waals surface area contributed by atoms with Crippen LogP contribution in [0, 0.1) is 5.82 Å². The molecule has 3 rings (SSSR count). The van der Waals surface area contributed by atoms with E-state index in [2.05, 4.69) is 29.6 Å². The predicted molar refractivity (Wildman–Crippen MR) is 92.9 cm³/mol. The van der Waals surface area contributed by atoms with E-state index in [1.165, 1.54) is 30.0 Å². The highest BCUT2D eigenvalue weighted by molar-refractivity contribution is 5.94. The number of halogens is 1. The van der Waals surface area contributed by atoms with Crippen molar-refractivity contribution in [2.45, 2.75) is 6.42 Å². The van der Waals surface area contributed by atoms with E-state index < -0.39 is 11.7 Å². The molecule has 0 radical (unpaired) electrons. The average molecular weight is 323 g/mol. The highest BCUT2D eigenvalue weighted by atomic mass is 19.1. The zero-order valence-corrected chi connectivity index (χ0v) is 13.4. The second-order valence-corrected chi connectivity index (χ2v) is 5.53. The normalized spacial score (nSPS) is 10.6. The molecule has 3 aromatic carbocycles. The molecule has 0 aliphatic heterocycles. The van der Waals surface area contributed by atoms with Crippen molar-refractivity contribution in [2.24, 2.45) is 0 Å². The molecule has 0 aliphatic carbocycles. The average Bonchev–Trinajstić information content (AvgIpc) is 2.61. The summed E-state index contributed by atoms with van der Waals surface area (Å²) in [6.07, 6.45) is 0.689. The van der Waals surface area contributed by atoms with Crippen LogP contribution in [0.15, 0.2) is 60.7 Å². The van der Waals surface area contributed by atoms with Crippen LogP contribution in [0.25, 0.3) is 10.8 Å². The van der Waals surface area contributed by atoms with Crippen molar-refractivity contribution in [2.75, 3.05) is 13.7 Å². The fourth-order valence-corrected chi connectivity index (χ4v) is 2.62. The van der Waals surface area contributed by atoms with Crippen molar-refractivity contribution >= 4 is 16.7 Å². The molecule has 0 fully saturated rings. The second kappa shape index (κ2) is 7.13. The molecule has 0 bridgehead atoms. The molecule has 1 N–H and O–H groups in total. The number of benzene rings is 3. The fourth-order valence-electron chi connectivity index (χ4n) is 2.62. The molecule has 0 aromatic heterocycles. The molecule has 4 heteroatoms. The first kappa shape index (κ1) is 16.0. The Labute approximate surface area is 140 Å². The summed E-state index contributed by atoms with van der Waals surface area (Å²) in [7, 11) is 1.46. The van der Waals surface area contributed by atoms with Gasteiger partial charge in [-0.25, -0.2) is 4.39 Å². The molecule has 0 saturated heterocycles. The van der Waals surface area contributed by atoms with Crippen molar-refractivity contribution in [1.82, 2.24) is 5.32 Å². The number of amides is 1. The summed E-state index contributed by atoms with van der Waals surface area (Å²) < 4.78 is 18.8. The smallest absolute Gasteiger partial charge is 0.254 e. The van der Waals surface area contributed by atoms with Crippen molar-refractivity contribution < 1.29 is 13.9 Å². The lowest BCUT2D eigenvalue weighted by atomic mass is 10.1. The molecule has 0 atom stereocenters. The monoisotopic (exact) mass is 323 g/mol. The van der Waals surface area contributed by atoms with Gasteiger partial charge in [0.2, 0.25) is 0 Å². The van der Waals surface area contributed by atoms with Crippen molar-refractivity contribution in [3.05, 3.63) is 77.6 Å². The summed E-state index contributed by atoms with van der Waals surface area (Å²) in [5.41, 5.74) is 1.15. The Morgan fingerprint density at radius 2 is 1.83 bits per heavy atom. The van der Waals surface area contributed by atoms with Crippen LogP contribution in [0.3, 0.4) is 0 Å². The molecule has 0 saturated carbocycles. The number of carbonyl (C=O) groups is 1. The lowest BCUT2D eigenvalue weighted by molar-refractivity contribution is 0.0950. The number of methoxy groups -OCH3 is 1. The van der Waals surface area contributed by atoms with Gasteiger partial charge in [0.15, 0.2) is 0 Å². The highest BCUT2D eigenvalue weighted by Gasteiger charge is 2.12. The third-order valence-electron chi connectivity index (χ3n) is 3.93. The maximum absolute atomic E-state index is 13.9. The lowest BCUT2D eigenvalue weighted by Gasteiger charge is -2.08. The quantitative estimate of drug-likeness (QED) is 0.772. The Bertz CT molecular complexity index is 876. The van der Waals surface area contributed by atoms with Gasteiger partial charge >= 0.3 is 0 Å². The van der Waals surface area contributed by atoms with Gasteiger partial charge in [-0.3, -0.25) is 4.79 Å². The molecule has 0 heterocycles. The molecular formula is C20H18FNO2. The van der Waals surface area contributed by atoms with Gasteiger partial charge in [0.25, 0.3) is 5.91 Å². The Kier molecular flexibility index (Phi) is 4.75. The van der Waals surface area contributed by atoms with Crippen molar-refractivity contribution in [1.29, 1.82) is 0 Å².